The lowest BCUT2D eigenvalue weighted by molar-refractivity contribution is -0.183. The van der Waals surface area contributed by atoms with Crippen molar-refractivity contribution in [1.82, 2.24) is 0 Å². The highest BCUT2D eigenvalue weighted by Gasteiger charge is 2.57. The normalized spacial score (nSPS) is 23.7. The molecule has 0 aliphatic carbocycles. The number of ether oxygens (including phenoxy) is 3. The average Bonchev–Trinajstić information content (AvgIpc) is 3.40. The zero-order valence-electron chi connectivity index (χ0n) is 30.8. The first-order valence-corrected chi connectivity index (χ1v) is 20.9. The number of allylic oxidation sites excluding steroid dienone is 1. The van der Waals surface area contributed by atoms with E-state index in [1.165, 1.54) is 0 Å². The third-order valence-electron chi connectivity index (χ3n) is 9.80. The predicted molar refractivity (Wildman–Crippen MR) is 192 cm³/mol. The quantitative estimate of drug-likeness (QED) is 0.0492. The number of rotatable bonds is 14. The van der Waals surface area contributed by atoms with Crippen LogP contribution in [0.1, 0.15) is 87.0 Å². The van der Waals surface area contributed by atoms with Crippen LogP contribution in [0.2, 0.25) is 5.04 Å². The SMILES string of the molecule is C=C(OS(=O)(=O)C(F)(F)F)[C@H](C)C[C@H]1CC[C@@H]2O[C@@H](CCCOC(=O)C(C)(C)C)C[C@]2(CO[Si](c2ccccc2)(c2ccccc2)C(C)(C)C)O1. The maximum atomic E-state index is 13.0. The van der Waals surface area contributed by atoms with Crippen molar-refractivity contribution >= 4 is 34.8 Å². The highest BCUT2D eigenvalue weighted by molar-refractivity contribution is 7.87. The first-order valence-electron chi connectivity index (χ1n) is 17.6. The highest BCUT2D eigenvalue weighted by Crippen LogP contribution is 2.46. The summed E-state index contributed by atoms with van der Waals surface area (Å²) < 4.78 is 93.3. The highest BCUT2D eigenvalue weighted by atomic mass is 32.2. The van der Waals surface area contributed by atoms with Crippen LogP contribution in [0, 0.1) is 11.3 Å². The monoisotopic (exact) mass is 754 g/mol. The number of alkyl halides is 3. The Hall–Kier alpha value is -2.71. The van der Waals surface area contributed by atoms with E-state index in [2.05, 4.69) is 55.8 Å². The van der Waals surface area contributed by atoms with E-state index in [1.807, 2.05) is 36.4 Å². The summed E-state index contributed by atoms with van der Waals surface area (Å²) in [7, 11) is -8.84. The molecule has 51 heavy (non-hydrogen) atoms. The first-order chi connectivity index (χ1) is 23.6. The van der Waals surface area contributed by atoms with Crippen LogP contribution in [-0.2, 0) is 37.7 Å². The Labute approximate surface area is 302 Å². The van der Waals surface area contributed by atoms with E-state index in [4.69, 9.17) is 18.6 Å². The Bertz CT molecular complexity index is 1550. The van der Waals surface area contributed by atoms with Crippen molar-refractivity contribution in [3.63, 3.8) is 0 Å². The van der Waals surface area contributed by atoms with Gasteiger partial charge in [-0.15, -0.1) is 0 Å². The Morgan fingerprint density at radius 1 is 0.961 bits per heavy atom. The molecule has 0 unspecified atom stereocenters. The van der Waals surface area contributed by atoms with Gasteiger partial charge in [-0.3, -0.25) is 4.79 Å². The average molecular weight is 755 g/mol. The minimum atomic E-state index is -5.84. The van der Waals surface area contributed by atoms with Gasteiger partial charge in [-0.2, -0.15) is 21.6 Å². The van der Waals surface area contributed by atoms with Crippen molar-refractivity contribution in [3.05, 3.63) is 73.0 Å². The molecule has 284 valence electrons. The van der Waals surface area contributed by atoms with Crippen LogP contribution in [0.25, 0.3) is 0 Å². The molecule has 4 rings (SSSR count). The van der Waals surface area contributed by atoms with Crippen LogP contribution in [-0.4, -0.2) is 65.3 Å². The Morgan fingerprint density at radius 2 is 1.53 bits per heavy atom. The summed E-state index contributed by atoms with van der Waals surface area (Å²) in [4.78, 5) is 12.3. The summed E-state index contributed by atoms with van der Waals surface area (Å²) in [6, 6.07) is 20.5. The molecule has 8 nitrogen and oxygen atoms in total. The van der Waals surface area contributed by atoms with Crippen LogP contribution in [0.4, 0.5) is 13.2 Å². The molecule has 0 spiro atoms. The van der Waals surface area contributed by atoms with Gasteiger partial charge in [0.15, 0.2) is 0 Å². The van der Waals surface area contributed by atoms with Crippen molar-refractivity contribution in [2.45, 2.75) is 121 Å². The Kier molecular flexibility index (Phi) is 12.7. The van der Waals surface area contributed by atoms with Gasteiger partial charge in [0, 0.05) is 12.3 Å². The second kappa shape index (κ2) is 15.7. The van der Waals surface area contributed by atoms with E-state index in [9.17, 15) is 26.4 Å². The van der Waals surface area contributed by atoms with Crippen LogP contribution in [0.5, 0.6) is 0 Å². The standard InChI is InChI=1S/C38H53F3O8SSi/c1-27(28(2)49-50(43,44)38(39,40)41)24-29-21-22-33-37(48-29,25-30(47-33)16-15-23-45-34(42)35(3,4)5)26-46-51(36(6,7)8,31-17-11-9-12-18-31)32-19-13-10-14-20-32/h9-14,17-20,27,29-30,33H,2,15-16,21-26H2,1,3-8H3/t27-,29-,30+,33+,37-/m1/s1. The molecule has 2 fully saturated rings. The van der Waals surface area contributed by atoms with Gasteiger partial charge in [-0.25, -0.2) is 0 Å². The van der Waals surface area contributed by atoms with Gasteiger partial charge >= 0.3 is 21.6 Å². The molecular formula is C38H53F3O8SSi. The van der Waals surface area contributed by atoms with E-state index >= 15 is 0 Å². The summed E-state index contributed by atoms with van der Waals surface area (Å²) in [5.74, 6) is -1.53. The lowest BCUT2D eigenvalue weighted by Gasteiger charge is -2.48. The van der Waals surface area contributed by atoms with Gasteiger partial charge in [0.25, 0.3) is 8.32 Å². The molecular weight excluding hydrogens is 702 g/mol. The smallest absolute Gasteiger partial charge is 0.465 e. The predicted octanol–water partition coefficient (Wildman–Crippen LogP) is 7.41. The number of carbonyl (C=O) groups excluding carboxylic acids is 1. The molecule has 0 bridgehead atoms. The maximum absolute atomic E-state index is 13.0. The molecule has 13 heteroatoms. The van der Waals surface area contributed by atoms with Gasteiger partial charge in [0.2, 0.25) is 0 Å². The molecule has 0 radical (unpaired) electrons. The minimum Gasteiger partial charge on any atom is -0.465 e. The van der Waals surface area contributed by atoms with Crippen molar-refractivity contribution in [2.75, 3.05) is 13.2 Å². The van der Waals surface area contributed by atoms with Crippen LogP contribution in [0.3, 0.4) is 0 Å². The van der Waals surface area contributed by atoms with Crippen LogP contribution in [0.15, 0.2) is 73.0 Å². The lowest BCUT2D eigenvalue weighted by atomic mass is 9.85. The lowest BCUT2D eigenvalue weighted by Crippen LogP contribution is -2.68. The third kappa shape index (κ3) is 9.45. The Balaban J connectivity index is 1.62. The molecule has 2 aromatic rings. The number of benzene rings is 2. The zero-order valence-corrected chi connectivity index (χ0v) is 32.6. The topological polar surface area (TPSA) is 97.4 Å². The van der Waals surface area contributed by atoms with E-state index in [0.29, 0.717) is 32.1 Å². The molecule has 2 heterocycles. The van der Waals surface area contributed by atoms with E-state index < -0.39 is 52.7 Å². The first kappa shape index (κ1) is 41.0. The fourth-order valence-electron chi connectivity index (χ4n) is 7.11. The second-order valence-corrected chi connectivity index (χ2v) is 21.7. The number of hydrogen-bond acceptors (Lipinski definition) is 8. The minimum absolute atomic E-state index is 0.188. The summed E-state index contributed by atoms with van der Waals surface area (Å²) in [5, 5.41) is 1.90. The molecule has 2 aliphatic rings. The fraction of sp³-hybridized carbons (Fsp3) is 0.605. The van der Waals surface area contributed by atoms with E-state index in [1.54, 1.807) is 27.7 Å². The molecule has 2 aromatic carbocycles. The second-order valence-electron chi connectivity index (χ2n) is 15.9. The number of carbonyl (C=O) groups is 1. The van der Waals surface area contributed by atoms with Gasteiger partial charge < -0.3 is 22.8 Å². The van der Waals surface area contributed by atoms with E-state index in [0.717, 1.165) is 10.4 Å². The van der Waals surface area contributed by atoms with Gasteiger partial charge in [0.1, 0.15) is 11.4 Å². The summed E-state index contributed by atoms with van der Waals surface area (Å²) in [6.07, 6.45) is 2.04. The van der Waals surface area contributed by atoms with Gasteiger partial charge in [-0.05, 0) is 68.3 Å². The number of fused-ring (bicyclic) bond motifs is 1. The molecule has 0 saturated carbocycles. The van der Waals surface area contributed by atoms with Crippen LogP contribution >= 0.6 is 0 Å². The summed E-state index contributed by atoms with van der Waals surface area (Å²) in [5.41, 5.74) is -7.06. The van der Waals surface area contributed by atoms with Gasteiger partial charge in [0.05, 0.1) is 36.9 Å². The number of halogens is 3. The molecule has 2 saturated heterocycles. The molecule has 2 aliphatic heterocycles. The molecule has 5 atom stereocenters. The van der Waals surface area contributed by atoms with Crippen molar-refractivity contribution in [1.29, 1.82) is 0 Å². The number of esters is 1. The largest absolute Gasteiger partial charge is 0.534 e. The molecule has 0 aromatic heterocycles. The third-order valence-corrected chi connectivity index (χ3v) is 15.8. The maximum Gasteiger partial charge on any atom is 0.534 e. The summed E-state index contributed by atoms with van der Waals surface area (Å²) >= 11 is 0. The van der Waals surface area contributed by atoms with Crippen molar-refractivity contribution < 1.29 is 49.2 Å². The van der Waals surface area contributed by atoms with Gasteiger partial charge in [-0.1, -0.05) is 94.9 Å². The molecule has 0 N–H and O–H groups in total. The van der Waals surface area contributed by atoms with Crippen LogP contribution < -0.4 is 10.4 Å². The Morgan fingerprint density at radius 3 is 2.04 bits per heavy atom. The fourth-order valence-corrected chi connectivity index (χ4v) is 12.3. The summed E-state index contributed by atoms with van der Waals surface area (Å²) in [6.45, 7) is 17.5. The van der Waals surface area contributed by atoms with Crippen molar-refractivity contribution in [3.8, 4) is 0 Å². The number of hydrogen-bond donors (Lipinski definition) is 0. The van der Waals surface area contributed by atoms with Crippen molar-refractivity contribution in [2.24, 2.45) is 11.3 Å². The molecule has 0 amide bonds. The zero-order chi connectivity index (χ0) is 37.9. The van der Waals surface area contributed by atoms with E-state index in [-0.39, 0.29) is 42.9 Å².